The van der Waals surface area contributed by atoms with Crippen LogP contribution in [0, 0.1) is 0 Å². The summed E-state index contributed by atoms with van der Waals surface area (Å²) in [5.74, 6) is 0.900. The fourth-order valence-electron chi connectivity index (χ4n) is 2.08. The molecule has 0 heterocycles. The van der Waals surface area contributed by atoms with E-state index in [1.807, 2.05) is 52.0 Å². The molecular formula is C18H30N2O3. The van der Waals surface area contributed by atoms with Crippen LogP contribution in [-0.2, 0) is 11.3 Å². The molecule has 23 heavy (non-hydrogen) atoms. The van der Waals surface area contributed by atoms with Crippen LogP contribution in [0.5, 0.6) is 5.75 Å². The van der Waals surface area contributed by atoms with Crippen molar-refractivity contribution in [2.24, 2.45) is 0 Å². The van der Waals surface area contributed by atoms with Crippen molar-refractivity contribution in [3.63, 3.8) is 0 Å². The van der Waals surface area contributed by atoms with Gasteiger partial charge in [0, 0.05) is 24.7 Å². The first kappa shape index (κ1) is 19.3. The summed E-state index contributed by atoms with van der Waals surface area (Å²) in [7, 11) is 0. The average molecular weight is 322 g/mol. The lowest BCUT2D eigenvalue weighted by atomic mass is 10.1. The van der Waals surface area contributed by atoms with Crippen LogP contribution in [-0.4, -0.2) is 30.9 Å². The number of alkyl carbamates (subject to hydrolysis) is 1. The molecule has 1 aromatic carbocycles. The van der Waals surface area contributed by atoms with E-state index < -0.39 is 5.60 Å². The van der Waals surface area contributed by atoms with E-state index in [0.29, 0.717) is 19.7 Å². The summed E-state index contributed by atoms with van der Waals surface area (Å²) in [4.78, 5) is 11.7. The Morgan fingerprint density at radius 2 is 1.91 bits per heavy atom. The largest absolute Gasteiger partial charge is 0.494 e. The van der Waals surface area contributed by atoms with Crippen LogP contribution in [0.3, 0.4) is 0 Å². The molecular weight excluding hydrogens is 292 g/mol. The topological polar surface area (TPSA) is 59.6 Å². The molecule has 1 amide bonds. The lowest BCUT2D eigenvalue weighted by molar-refractivity contribution is 0.0522. The number of nitrogens with one attached hydrogen (secondary N) is 2. The molecule has 0 saturated heterocycles. The number of carbonyl (C=O) groups excluding carboxylic acids is 1. The Morgan fingerprint density at radius 3 is 2.52 bits per heavy atom. The van der Waals surface area contributed by atoms with E-state index >= 15 is 0 Å². The molecule has 0 aromatic heterocycles. The predicted molar refractivity (Wildman–Crippen MR) is 92.8 cm³/mol. The lowest BCUT2D eigenvalue weighted by Crippen LogP contribution is -2.42. The first-order valence-corrected chi connectivity index (χ1v) is 8.26. The molecule has 1 atom stereocenters. The van der Waals surface area contributed by atoms with Crippen LogP contribution in [0.1, 0.15) is 46.6 Å². The van der Waals surface area contributed by atoms with Crippen molar-refractivity contribution < 1.29 is 14.3 Å². The Morgan fingerprint density at radius 1 is 1.22 bits per heavy atom. The minimum atomic E-state index is -0.477. The van der Waals surface area contributed by atoms with Crippen molar-refractivity contribution in [2.75, 3.05) is 13.2 Å². The predicted octanol–water partition coefficient (Wildman–Crippen LogP) is 3.48. The van der Waals surface area contributed by atoms with Crippen LogP contribution in [0.4, 0.5) is 4.79 Å². The molecule has 2 N–H and O–H groups in total. The summed E-state index contributed by atoms with van der Waals surface area (Å²) in [6, 6.07) is 8.17. The van der Waals surface area contributed by atoms with Crippen molar-refractivity contribution in [2.45, 2.75) is 59.2 Å². The molecule has 0 aliphatic heterocycles. The van der Waals surface area contributed by atoms with Crippen molar-refractivity contribution in [1.82, 2.24) is 10.6 Å². The van der Waals surface area contributed by atoms with Crippen molar-refractivity contribution in [3.8, 4) is 5.75 Å². The zero-order valence-electron chi connectivity index (χ0n) is 14.9. The zero-order chi connectivity index (χ0) is 17.3. The fourth-order valence-corrected chi connectivity index (χ4v) is 2.08. The van der Waals surface area contributed by atoms with Gasteiger partial charge in [0.15, 0.2) is 0 Å². The molecule has 0 fully saturated rings. The smallest absolute Gasteiger partial charge is 0.407 e. The third-order valence-corrected chi connectivity index (χ3v) is 3.24. The Kier molecular flexibility index (Phi) is 7.89. The number of carbonyl (C=O) groups is 1. The number of ether oxygens (including phenoxy) is 2. The second kappa shape index (κ2) is 9.40. The second-order valence-corrected chi connectivity index (χ2v) is 6.41. The Hall–Kier alpha value is -1.75. The first-order valence-electron chi connectivity index (χ1n) is 8.26. The van der Waals surface area contributed by atoms with Gasteiger partial charge in [-0.3, -0.25) is 0 Å². The van der Waals surface area contributed by atoms with Gasteiger partial charge in [0.1, 0.15) is 11.4 Å². The van der Waals surface area contributed by atoms with Crippen LogP contribution < -0.4 is 15.4 Å². The SMILES string of the molecule is CCOc1ccccc1CNC(CC)CNC(=O)OC(C)(C)C. The van der Waals surface area contributed by atoms with Crippen LogP contribution >= 0.6 is 0 Å². The van der Waals surface area contributed by atoms with Crippen molar-refractivity contribution >= 4 is 6.09 Å². The van der Waals surface area contributed by atoms with E-state index in [1.165, 1.54) is 0 Å². The van der Waals surface area contributed by atoms with Crippen LogP contribution in [0.2, 0.25) is 0 Å². The highest BCUT2D eigenvalue weighted by atomic mass is 16.6. The summed E-state index contributed by atoms with van der Waals surface area (Å²) in [5, 5.41) is 6.26. The highest BCUT2D eigenvalue weighted by Gasteiger charge is 2.17. The minimum absolute atomic E-state index is 0.178. The molecule has 0 saturated carbocycles. The molecule has 1 unspecified atom stereocenters. The van der Waals surface area contributed by atoms with Gasteiger partial charge in [-0.1, -0.05) is 25.1 Å². The van der Waals surface area contributed by atoms with E-state index in [0.717, 1.165) is 17.7 Å². The van der Waals surface area contributed by atoms with Crippen LogP contribution in [0.15, 0.2) is 24.3 Å². The maximum atomic E-state index is 11.7. The average Bonchev–Trinajstić information content (AvgIpc) is 2.47. The number of amides is 1. The van der Waals surface area contributed by atoms with Gasteiger partial charge in [0.05, 0.1) is 6.61 Å². The lowest BCUT2D eigenvalue weighted by Gasteiger charge is -2.22. The van der Waals surface area contributed by atoms with E-state index in [-0.39, 0.29) is 12.1 Å². The normalized spacial score (nSPS) is 12.6. The number of benzene rings is 1. The molecule has 1 rings (SSSR count). The van der Waals surface area contributed by atoms with E-state index in [1.54, 1.807) is 0 Å². The van der Waals surface area contributed by atoms with Crippen molar-refractivity contribution in [3.05, 3.63) is 29.8 Å². The molecule has 5 heteroatoms. The summed E-state index contributed by atoms with van der Waals surface area (Å²) in [6.45, 7) is 11.5. The molecule has 0 aliphatic carbocycles. The number of rotatable bonds is 8. The van der Waals surface area contributed by atoms with Crippen molar-refractivity contribution in [1.29, 1.82) is 0 Å². The summed E-state index contributed by atoms with van der Waals surface area (Å²) < 4.78 is 10.9. The summed E-state index contributed by atoms with van der Waals surface area (Å²) in [5.41, 5.74) is 0.639. The third kappa shape index (κ3) is 7.88. The van der Waals surface area contributed by atoms with Gasteiger partial charge >= 0.3 is 6.09 Å². The molecule has 0 aliphatic rings. The Balaban J connectivity index is 2.47. The number of hydrogen-bond donors (Lipinski definition) is 2. The van der Waals surface area contributed by atoms with E-state index in [2.05, 4.69) is 17.6 Å². The highest BCUT2D eigenvalue weighted by Crippen LogP contribution is 2.17. The van der Waals surface area contributed by atoms with E-state index in [4.69, 9.17) is 9.47 Å². The number of hydrogen-bond acceptors (Lipinski definition) is 4. The maximum Gasteiger partial charge on any atom is 0.407 e. The Bertz CT molecular complexity index is 483. The number of para-hydroxylation sites is 1. The minimum Gasteiger partial charge on any atom is -0.494 e. The molecule has 0 spiro atoms. The van der Waals surface area contributed by atoms with Gasteiger partial charge < -0.3 is 20.1 Å². The van der Waals surface area contributed by atoms with Gasteiger partial charge in [-0.05, 0) is 40.2 Å². The summed E-state index contributed by atoms with van der Waals surface area (Å²) in [6.07, 6.45) is 0.527. The molecule has 0 bridgehead atoms. The van der Waals surface area contributed by atoms with Gasteiger partial charge in [0.2, 0.25) is 0 Å². The molecule has 0 radical (unpaired) electrons. The fraction of sp³-hybridized carbons (Fsp3) is 0.611. The quantitative estimate of drug-likeness (QED) is 0.769. The monoisotopic (exact) mass is 322 g/mol. The maximum absolute atomic E-state index is 11.7. The third-order valence-electron chi connectivity index (χ3n) is 3.24. The van der Waals surface area contributed by atoms with Gasteiger partial charge in [-0.25, -0.2) is 4.79 Å². The van der Waals surface area contributed by atoms with Gasteiger partial charge in [0.25, 0.3) is 0 Å². The molecule has 1 aromatic rings. The summed E-state index contributed by atoms with van der Waals surface area (Å²) >= 11 is 0. The van der Waals surface area contributed by atoms with Crippen LogP contribution in [0.25, 0.3) is 0 Å². The second-order valence-electron chi connectivity index (χ2n) is 6.41. The molecule has 5 nitrogen and oxygen atoms in total. The molecule has 130 valence electrons. The Labute approximate surface area is 139 Å². The first-order chi connectivity index (χ1) is 10.9. The zero-order valence-corrected chi connectivity index (χ0v) is 14.9. The van der Waals surface area contributed by atoms with Gasteiger partial charge in [-0.2, -0.15) is 0 Å². The van der Waals surface area contributed by atoms with Gasteiger partial charge in [-0.15, -0.1) is 0 Å². The van der Waals surface area contributed by atoms with E-state index in [9.17, 15) is 4.79 Å². The standard InChI is InChI=1S/C18H30N2O3/c1-6-15(13-20-17(21)23-18(3,4)5)19-12-14-10-8-9-11-16(14)22-7-2/h8-11,15,19H,6-7,12-13H2,1-5H3,(H,20,21). The highest BCUT2D eigenvalue weighted by molar-refractivity contribution is 5.67.